The number of hydrogen-bond acceptors (Lipinski definition) is 1. The minimum absolute atomic E-state index is 0.744. The Labute approximate surface area is 131 Å². The molecule has 0 saturated carbocycles. The molecule has 0 unspecified atom stereocenters. The van der Waals surface area contributed by atoms with Gasteiger partial charge in [0.2, 0.25) is 0 Å². The van der Waals surface area contributed by atoms with Crippen LogP contribution in [0.2, 0.25) is 5.02 Å². The van der Waals surface area contributed by atoms with Crippen molar-refractivity contribution in [2.45, 2.75) is 0 Å². The summed E-state index contributed by atoms with van der Waals surface area (Å²) in [5.74, 6) is 0. The lowest BCUT2D eigenvalue weighted by molar-refractivity contribution is 0.673. The molecule has 2 heteroatoms. The molecule has 0 radical (unpaired) electrons. The van der Waals surface area contributed by atoms with E-state index >= 15 is 0 Å². The van der Waals surface area contributed by atoms with Crippen LogP contribution in [0, 0.1) is 0 Å². The van der Waals surface area contributed by atoms with Crippen LogP contribution in [0.1, 0.15) is 0 Å². The molecule has 0 aliphatic rings. The summed E-state index contributed by atoms with van der Waals surface area (Å²) in [6, 6.07) is 22.7. The average Bonchev–Trinajstić information content (AvgIpc) is 2.93. The van der Waals surface area contributed by atoms with Crippen LogP contribution in [0.5, 0.6) is 0 Å². The van der Waals surface area contributed by atoms with Crippen LogP contribution in [-0.4, -0.2) is 0 Å². The van der Waals surface area contributed by atoms with E-state index < -0.39 is 0 Å². The van der Waals surface area contributed by atoms with Crippen molar-refractivity contribution in [1.29, 1.82) is 0 Å². The van der Waals surface area contributed by atoms with Crippen LogP contribution in [0.3, 0.4) is 0 Å². The summed E-state index contributed by atoms with van der Waals surface area (Å²) in [5, 5.41) is 7.65. The van der Waals surface area contributed by atoms with Gasteiger partial charge in [-0.15, -0.1) is 0 Å². The number of halogens is 1. The maximum absolute atomic E-state index is 6.22. The van der Waals surface area contributed by atoms with Crippen molar-refractivity contribution in [3.05, 3.63) is 71.8 Å². The number of fused-ring (bicyclic) bond motifs is 7. The van der Waals surface area contributed by atoms with Gasteiger partial charge in [0.25, 0.3) is 0 Å². The highest BCUT2D eigenvalue weighted by molar-refractivity contribution is 6.32. The van der Waals surface area contributed by atoms with Crippen LogP contribution >= 0.6 is 11.6 Å². The van der Waals surface area contributed by atoms with Gasteiger partial charge in [-0.05, 0) is 40.4 Å². The molecule has 1 nitrogen and oxygen atoms in total. The number of para-hydroxylation sites is 1. The lowest BCUT2D eigenvalue weighted by atomic mass is 9.99. The Hall–Kier alpha value is -2.51. The molecule has 0 bridgehead atoms. The molecule has 22 heavy (non-hydrogen) atoms. The second kappa shape index (κ2) is 4.25. The molecule has 0 N–H and O–H groups in total. The van der Waals surface area contributed by atoms with Crippen LogP contribution in [0.25, 0.3) is 43.5 Å². The highest BCUT2D eigenvalue weighted by Gasteiger charge is 2.12. The fraction of sp³-hybridized carbons (Fsp3) is 0. The number of rotatable bonds is 0. The number of hydrogen-bond donors (Lipinski definition) is 0. The van der Waals surface area contributed by atoms with Gasteiger partial charge in [0.05, 0.1) is 0 Å². The Morgan fingerprint density at radius 3 is 2.41 bits per heavy atom. The number of furan rings is 1. The molecule has 0 aliphatic heterocycles. The third kappa shape index (κ3) is 1.54. The molecule has 0 amide bonds. The van der Waals surface area contributed by atoms with Gasteiger partial charge in [-0.3, -0.25) is 0 Å². The van der Waals surface area contributed by atoms with Crippen molar-refractivity contribution in [3.63, 3.8) is 0 Å². The molecular weight excluding hydrogens is 292 g/mol. The van der Waals surface area contributed by atoms with Gasteiger partial charge >= 0.3 is 0 Å². The standard InChI is InChI=1S/C20H11ClO/c21-14-9-7-12-5-6-13-8-10-16-15-3-1-2-4-18(15)22-20(16)19(13)17(12)11-14/h1-11H. The lowest BCUT2D eigenvalue weighted by Gasteiger charge is -2.05. The van der Waals surface area contributed by atoms with Gasteiger partial charge in [0.15, 0.2) is 0 Å². The monoisotopic (exact) mass is 302 g/mol. The third-order valence-electron chi connectivity index (χ3n) is 4.31. The first-order chi connectivity index (χ1) is 10.8. The van der Waals surface area contributed by atoms with Gasteiger partial charge in [-0.1, -0.05) is 54.1 Å². The van der Waals surface area contributed by atoms with Gasteiger partial charge in [0.1, 0.15) is 11.2 Å². The summed E-state index contributed by atoms with van der Waals surface area (Å²) in [7, 11) is 0. The smallest absolute Gasteiger partial charge is 0.143 e. The molecule has 104 valence electrons. The molecule has 0 atom stereocenters. The van der Waals surface area contributed by atoms with Crippen molar-refractivity contribution in [1.82, 2.24) is 0 Å². The van der Waals surface area contributed by atoms with E-state index in [1.807, 2.05) is 30.3 Å². The Morgan fingerprint density at radius 2 is 1.45 bits per heavy atom. The predicted octanol–water partition coefficient (Wildman–Crippen LogP) is 6.55. The van der Waals surface area contributed by atoms with Crippen LogP contribution < -0.4 is 0 Å². The molecular formula is C20H11ClO. The molecule has 0 aliphatic carbocycles. The largest absolute Gasteiger partial charge is 0.455 e. The van der Waals surface area contributed by atoms with E-state index in [-0.39, 0.29) is 0 Å². The molecule has 0 spiro atoms. The zero-order valence-corrected chi connectivity index (χ0v) is 12.4. The van der Waals surface area contributed by atoms with Gasteiger partial charge in [0, 0.05) is 21.2 Å². The second-order valence-corrected chi connectivity index (χ2v) is 6.01. The summed E-state index contributed by atoms with van der Waals surface area (Å²) >= 11 is 6.22. The van der Waals surface area contributed by atoms with E-state index in [0.717, 1.165) is 37.7 Å². The zero-order chi connectivity index (χ0) is 14.7. The zero-order valence-electron chi connectivity index (χ0n) is 11.6. The van der Waals surface area contributed by atoms with E-state index in [4.69, 9.17) is 16.0 Å². The Bertz CT molecular complexity index is 1180. The van der Waals surface area contributed by atoms with Crippen LogP contribution in [0.15, 0.2) is 71.1 Å². The number of benzene rings is 4. The van der Waals surface area contributed by atoms with Gasteiger partial charge in [-0.2, -0.15) is 0 Å². The Balaban J connectivity index is 2.12. The third-order valence-corrected chi connectivity index (χ3v) is 4.54. The van der Waals surface area contributed by atoms with E-state index in [0.29, 0.717) is 0 Å². The molecule has 1 heterocycles. The SMILES string of the molecule is Clc1ccc2ccc3ccc4c5ccccc5oc4c3c2c1. The molecule has 0 saturated heterocycles. The van der Waals surface area contributed by atoms with Crippen molar-refractivity contribution in [2.75, 3.05) is 0 Å². The first-order valence-electron chi connectivity index (χ1n) is 7.23. The highest BCUT2D eigenvalue weighted by atomic mass is 35.5. The van der Waals surface area contributed by atoms with Crippen molar-refractivity contribution in [2.24, 2.45) is 0 Å². The topological polar surface area (TPSA) is 13.1 Å². The van der Waals surface area contributed by atoms with Crippen molar-refractivity contribution in [3.8, 4) is 0 Å². The quantitative estimate of drug-likeness (QED) is 0.296. The first kappa shape index (κ1) is 12.1. The summed E-state index contributed by atoms with van der Waals surface area (Å²) in [5.41, 5.74) is 1.86. The van der Waals surface area contributed by atoms with E-state index in [2.05, 4.69) is 36.4 Å². The normalized spacial score (nSPS) is 11.9. The molecule has 5 aromatic rings. The maximum Gasteiger partial charge on any atom is 0.143 e. The van der Waals surface area contributed by atoms with Crippen molar-refractivity contribution >= 4 is 55.1 Å². The average molecular weight is 303 g/mol. The fourth-order valence-corrected chi connectivity index (χ4v) is 3.46. The molecule has 1 aromatic heterocycles. The second-order valence-electron chi connectivity index (χ2n) is 5.57. The predicted molar refractivity (Wildman–Crippen MR) is 93.7 cm³/mol. The first-order valence-corrected chi connectivity index (χ1v) is 7.61. The molecule has 5 rings (SSSR count). The van der Waals surface area contributed by atoms with Crippen molar-refractivity contribution < 1.29 is 4.42 Å². The van der Waals surface area contributed by atoms with E-state index in [1.165, 1.54) is 10.8 Å². The lowest BCUT2D eigenvalue weighted by Crippen LogP contribution is -1.79. The van der Waals surface area contributed by atoms with Gasteiger partial charge in [-0.25, -0.2) is 0 Å². The van der Waals surface area contributed by atoms with Crippen LogP contribution in [-0.2, 0) is 0 Å². The molecule has 0 fully saturated rings. The fourth-order valence-electron chi connectivity index (χ4n) is 3.29. The summed E-state index contributed by atoms with van der Waals surface area (Å²) in [4.78, 5) is 0. The minimum atomic E-state index is 0.744. The summed E-state index contributed by atoms with van der Waals surface area (Å²) in [6.07, 6.45) is 0. The maximum atomic E-state index is 6.22. The Morgan fingerprint density at radius 1 is 0.682 bits per heavy atom. The highest BCUT2D eigenvalue weighted by Crippen LogP contribution is 2.37. The van der Waals surface area contributed by atoms with Gasteiger partial charge < -0.3 is 4.42 Å². The van der Waals surface area contributed by atoms with E-state index in [9.17, 15) is 0 Å². The summed E-state index contributed by atoms with van der Waals surface area (Å²) in [6.45, 7) is 0. The summed E-state index contributed by atoms with van der Waals surface area (Å²) < 4.78 is 6.17. The van der Waals surface area contributed by atoms with E-state index in [1.54, 1.807) is 0 Å². The minimum Gasteiger partial charge on any atom is -0.455 e. The Kier molecular flexibility index (Phi) is 2.33. The molecule has 4 aromatic carbocycles. The van der Waals surface area contributed by atoms with Crippen LogP contribution in [0.4, 0.5) is 0 Å².